The number of Topliss-reactive ketones (excluding diaryl/α,β-unsaturated/α-hetero) is 1. The van der Waals surface area contributed by atoms with Crippen LogP contribution in [0.1, 0.15) is 47.5 Å². The van der Waals surface area contributed by atoms with Gasteiger partial charge in [-0.25, -0.2) is 14.4 Å². The van der Waals surface area contributed by atoms with Gasteiger partial charge in [-0.05, 0) is 32.8 Å². The third-order valence-electron chi connectivity index (χ3n) is 5.80. The number of ketones is 1. The summed E-state index contributed by atoms with van der Waals surface area (Å²) in [4.78, 5) is 37.3. The maximum Gasteiger partial charge on any atom is 0.260 e. The predicted octanol–water partition coefficient (Wildman–Crippen LogP) is 4.31. The summed E-state index contributed by atoms with van der Waals surface area (Å²) in [7, 11) is 0. The van der Waals surface area contributed by atoms with Crippen molar-refractivity contribution in [1.29, 1.82) is 0 Å². The average Bonchev–Trinajstić information content (AvgIpc) is 3.51. The molecule has 9 heteroatoms. The molecule has 0 bridgehead atoms. The number of aryl methyl sites for hydroxylation is 1. The van der Waals surface area contributed by atoms with Crippen molar-refractivity contribution in [3.8, 4) is 10.6 Å². The van der Waals surface area contributed by atoms with Crippen LogP contribution in [-0.4, -0.2) is 49.9 Å². The predicted molar refractivity (Wildman–Crippen MR) is 127 cm³/mol. The van der Waals surface area contributed by atoms with Crippen molar-refractivity contribution in [1.82, 2.24) is 14.9 Å². The average molecular weight is 488 g/mol. The van der Waals surface area contributed by atoms with Crippen LogP contribution in [-0.2, 0) is 22.6 Å². The lowest BCUT2D eigenvalue weighted by molar-refractivity contribution is -0.146. The number of rotatable bonds is 7. The maximum absolute atomic E-state index is 14.6. The number of alkyl halides is 1. The van der Waals surface area contributed by atoms with E-state index in [0.29, 0.717) is 23.0 Å². The van der Waals surface area contributed by atoms with E-state index in [2.05, 4.69) is 9.97 Å². The third-order valence-corrected chi connectivity index (χ3v) is 7.81. The minimum absolute atomic E-state index is 0.0185. The van der Waals surface area contributed by atoms with Crippen LogP contribution in [0.3, 0.4) is 0 Å². The summed E-state index contributed by atoms with van der Waals surface area (Å²) in [6.07, 6.45) is 0.550. The lowest BCUT2D eigenvalue weighted by Crippen LogP contribution is -2.48. The van der Waals surface area contributed by atoms with Gasteiger partial charge in [0, 0.05) is 17.8 Å². The van der Waals surface area contributed by atoms with Gasteiger partial charge in [-0.2, -0.15) is 0 Å². The standard InChI is InChI=1S/C24H26FN3O3S2/c1-14-22(33-21(12-29)26-14)17-13-32-20(27-17)10-19(30)18-9-16(15-7-5-4-6-8-15)11-28(18)23(31)24(2,3)25/h4-8,13,16,18,29H,9-12H2,1-3H3/t16-,18+/m1/s1. The highest BCUT2D eigenvalue weighted by Gasteiger charge is 2.44. The van der Waals surface area contributed by atoms with E-state index < -0.39 is 17.6 Å². The fraction of sp³-hybridized carbons (Fsp3) is 0.417. The molecule has 1 amide bonds. The number of aromatic nitrogens is 2. The number of hydrogen-bond donors (Lipinski definition) is 1. The zero-order valence-electron chi connectivity index (χ0n) is 18.7. The normalized spacial score (nSPS) is 18.6. The molecule has 0 unspecified atom stereocenters. The largest absolute Gasteiger partial charge is 0.389 e. The Morgan fingerprint density at radius 2 is 1.94 bits per heavy atom. The van der Waals surface area contributed by atoms with Crippen LogP contribution in [0.2, 0.25) is 0 Å². The van der Waals surface area contributed by atoms with Gasteiger partial charge in [0.25, 0.3) is 5.91 Å². The van der Waals surface area contributed by atoms with Crippen molar-refractivity contribution in [3.05, 3.63) is 57.0 Å². The number of aliphatic hydroxyl groups is 1. The van der Waals surface area contributed by atoms with Crippen LogP contribution < -0.4 is 0 Å². The number of benzene rings is 1. The molecule has 1 aliphatic heterocycles. The smallest absolute Gasteiger partial charge is 0.260 e. The number of thiazole rings is 2. The Bertz CT molecular complexity index is 1150. The molecule has 4 rings (SSSR count). The summed E-state index contributed by atoms with van der Waals surface area (Å²) in [5, 5.41) is 12.5. The Balaban J connectivity index is 1.54. The number of carbonyl (C=O) groups excluding carboxylic acids is 2. The molecule has 33 heavy (non-hydrogen) atoms. The Labute approximate surface area is 200 Å². The molecule has 2 atom stereocenters. The molecule has 0 aliphatic carbocycles. The number of hydrogen-bond acceptors (Lipinski definition) is 7. The first-order valence-corrected chi connectivity index (χ1v) is 12.5. The van der Waals surface area contributed by atoms with Crippen LogP contribution in [0, 0.1) is 6.92 Å². The minimum Gasteiger partial charge on any atom is -0.389 e. The van der Waals surface area contributed by atoms with E-state index in [1.165, 1.54) is 41.4 Å². The molecule has 6 nitrogen and oxygen atoms in total. The summed E-state index contributed by atoms with van der Waals surface area (Å²) in [5.74, 6) is -0.810. The third kappa shape index (κ3) is 5.05. The molecular formula is C24H26FN3O3S2. The molecule has 2 aromatic heterocycles. The van der Waals surface area contributed by atoms with Gasteiger partial charge in [-0.1, -0.05) is 30.3 Å². The highest BCUT2D eigenvalue weighted by molar-refractivity contribution is 7.16. The van der Waals surface area contributed by atoms with Crippen molar-refractivity contribution >= 4 is 34.4 Å². The highest BCUT2D eigenvalue weighted by Crippen LogP contribution is 2.35. The molecule has 3 aromatic rings. The van der Waals surface area contributed by atoms with Gasteiger partial charge in [-0.3, -0.25) is 9.59 Å². The molecular weight excluding hydrogens is 461 g/mol. The quantitative estimate of drug-likeness (QED) is 0.537. The highest BCUT2D eigenvalue weighted by atomic mass is 32.1. The SMILES string of the molecule is Cc1nc(CO)sc1-c1csc(CC(=O)[C@@H]2C[C@@H](c3ccccc3)CN2C(=O)C(C)(C)F)n1. The molecule has 1 saturated heterocycles. The van der Waals surface area contributed by atoms with Crippen molar-refractivity contribution in [2.45, 2.75) is 57.8 Å². The zero-order valence-corrected chi connectivity index (χ0v) is 20.4. The number of likely N-dealkylation sites (tertiary alicyclic amines) is 1. The van der Waals surface area contributed by atoms with Crippen LogP contribution >= 0.6 is 22.7 Å². The maximum atomic E-state index is 14.6. The Hall–Kier alpha value is -2.49. The van der Waals surface area contributed by atoms with E-state index >= 15 is 0 Å². The summed E-state index contributed by atoms with van der Waals surface area (Å²) in [6.45, 7) is 4.52. The van der Waals surface area contributed by atoms with E-state index in [1.54, 1.807) is 0 Å². The van der Waals surface area contributed by atoms with Gasteiger partial charge in [0.15, 0.2) is 11.5 Å². The van der Waals surface area contributed by atoms with E-state index in [4.69, 9.17) is 0 Å². The van der Waals surface area contributed by atoms with Crippen LogP contribution in [0.4, 0.5) is 4.39 Å². The summed E-state index contributed by atoms with van der Waals surface area (Å²) in [5.41, 5.74) is 0.505. The van der Waals surface area contributed by atoms with E-state index in [1.807, 2.05) is 42.6 Å². The van der Waals surface area contributed by atoms with Gasteiger partial charge in [0.1, 0.15) is 10.0 Å². The Morgan fingerprint density at radius 3 is 2.58 bits per heavy atom. The first-order valence-electron chi connectivity index (χ1n) is 10.8. The lowest BCUT2D eigenvalue weighted by Gasteiger charge is -2.28. The van der Waals surface area contributed by atoms with E-state index in [-0.39, 0.29) is 24.7 Å². The van der Waals surface area contributed by atoms with Gasteiger partial charge in [-0.15, -0.1) is 22.7 Å². The van der Waals surface area contributed by atoms with Crippen molar-refractivity contribution < 1.29 is 19.1 Å². The van der Waals surface area contributed by atoms with Gasteiger partial charge in [0.05, 0.1) is 35.3 Å². The summed E-state index contributed by atoms with van der Waals surface area (Å²) < 4.78 is 14.6. The van der Waals surface area contributed by atoms with Gasteiger partial charge >= 0.3 is 0 Å². The lowest BCUT2D eigenvalue weighted by atomic mass is 9.94. The number of halogens is 1. The molecule has 0 saturated carbocycles. The second kappa shape index (κ2) is 9.40. The molecule has 174 valence electrons. The molecule has 1 N–H and O–H groups in total. The number of amides is 1. The minimum atomic E-state index is -2.05. The van der Waals surface area contributed by atoms with Gasteiger partial charge in [0.2, 0.25) is 0 Å². The Kier molecular flexibility index (Phi) is 6.74. The van der Waals surface area contributed by atoms with E-state index in [0.717, 1.165) is 21.8 Å². The summed E-state index contributed by atoms with van der Waals surface area (Å²) in [6, 6.07) is 9.05. The summed E-state index contributed by atoms with van der Waals surface area (Å²) >= 11 is 2.75. The molecule has 3 heterocycles. The second-order valence-electron chi connectivity index (χ2n) is 8.74. The molecule has 1 aliphatic rings. The molecule has 0 radical (unpaired) electrons. The topological polar surface area (TPSA) is 83.4 Å². The van der Waals surface area contributed by atoms with Crippen LogP contribution in [0.5, 0.6) is 0 Å². The number of nitrogens with zero attached hydrogens (tertiary/aromatic N) is 3. The van der Waals surface area contributed by atoms with Crippen molar-refractivity contribution in [3.63, 3.8) is 0 Å². The molecule has 0 spiro atoms. The van der Waals surface area contributed by atoms with E-state index in [9.17, 15) is 19.1 Å². The number of aliphatic hydroxyl groups excluding tert-OH is 1. The Morgan fingerprint density at radius 1 is 1.21 bits per heavy atom. The zero-order chi connectivity index (χ0) is 23.8. The van der Waals surface area contributed by atoms with Gasteiger partial charge < -0.3 is 10.0 Å². The number of carbonyl (C=O) groups is 2. The first-order chi connectivity index (χ1) is 15.7. The first kappa shape index (κ1) is 23.7. The fourth-order valence-corrected chi connectivity index (χ4v) is 5.95. The molecule has 1 aromatic carbocycles. The van der Waals surface area contributed by atoms with Crippen molar-refractivity contribution in [2.75, 3.05) is 6.54 Å². The molecule has 1 fully saturated rings. The second-order valence-corrected chi connectivity index (χ2v) is 10.8. The monoisotopic (exact) mass is 487 g/mol. The van der Waals surface area contributed by atoms with Crippen LogP contribution in [0.25, 0.3) is 10.6 Å². The van der Waals surface area contributed by atoms with Crippen molar-refractivity contribution in [2.24, 2.45) is 0 Å². The fourth-order valence-electron chi connectivity index (χ4n) is 4.19. The van der Waals surface area contributed by atoms with Crippen LogP contribution in [0.15, 0.2) is 35.7 Å².